The molecule has 0 saturated carbocycles. The zero-order valence-electron chi connectivity index (χ0n) is 18.9. The first-order valence-electron chi connectivity index (χ1n) is 10.9. The number of aliphatic imine (C=N–C) groups is 1. The Hall–Kier alpha value is -3.03. The molecule has 1 aromatic heterocycles. The molecule has 8 nitrogen and oxygen atoms in total. The summed E-state index contributed by atoms with van der Waals surface area (Å²) in [5.41, 5.74) is 2.06. The fourth-order valence-electron chi connectivity index (χ4n) is 3.58. The highest BCUT2D eigenvalue weighted by molar-refractivity contribution is 5.85. The van der Waals surface area contributed by atoms with Crippen LogP contribution in [0.1, 0.15) is 62.1 Å². The van der Waals surface area contributed by atoms with Crippen LogP contribution in [-0.2, 0) is 11.3 Å². The maximum absolute atomic E-state index is 12.1. The monoisotopic (exact) mass is 427 g/mol. The molecular weight excluding hydrogens is 394 g/mol. The molecule has 168 valence electrons. The topological polar surface area (TPSA) is 92.0 Å². The van der Waals surface area contributed by atoms with Gasteiger partial charge in [0.15, 0.2) is 11.7 Å². The first kappa shape index (κ1) is 22.7. The fraction of sp³-hybridized carbons (Fsp3) is 0.522. The standard InChI is InChI=1S/C23H33N5O3/c1-5-16(6-2)20-13-17(31-27-20)14-24-23(25-15-22(29)28(3)4)26-19-11-12-30-21-10-8-7-9-18(19)21/h7-10,13,16,19H,5-6,11-12,14-15H2,1-4H3,(H2,24,25,26). The number of fused-ring (bicyclic) bond motifs is 1. The van der Waals surface area contributed by atoms with E-state index in [2.05, 4.69) is 34.6 Å². The molecule has 1 unspecified atom stereocenters. The lowest BCUT2D eigenvalue weighted by Gasteiger charge is -2.28. The minimum atomic E-state index is -0.0656. The molecular formula is C23H33N5O3. The Morgan fingerprint density at radius 3 is 2.81 bits per heavy atom. The van der Waals surface area contributed by atoms with Crippen LogP contribution in [0, 0.1) is 0 Å². The van der Waals surface area contributed by atoms with Crippen molar-refractivity contribution in [2.24, 2.45) is 4.99 Å². The molecule has 2 N–H and O–H groups in total. The molecule has 1 amide bonds. The summed E-state index contributed by atoms with van der Waals surface area (Å²) in [6.07, 6.45) is 2.86. The van der Waals surface area contributed by atoms with Crippen LogP contribution in [0.25, 0.3) is 0 Å². The maximum Gasteiger partial charge on any atom is 0.243 e. The van der Waals surface area contributed by atoms with Crippen molar-refractivity contribution in [3.63, 3.8) is 0 Å². The number of ether oxygens (including phenoxy) is 1. The normalized spacial score (nSPS) is 15.9. The second kappa shape index (κ2) is 10.8. The van der Waals surface area contributed by atoms with Gasteiger partial charge in [-0.05, 0) is 18.9 Å². The van der Waals surface area contributed by atoms with E-state index in [4.69, 9.17) is 9.26 Å². The van der Waals surface area contributed by atoms with Crippen LogP contribution in [0.2, 0.25) is 0 Å². The van der Waals surface area contributed by atoms with E-state index in [-0.39, 0.29) is 18.5 Å². The van der Waals surface area contributed by atoms with E-state index in [0.29, 0.717) is 25.0 Å². The highest BCUT2D eigenvalue weighted by Crippen LogP contribution is 2.31. The van der Waals surface area contributed by atoms with E-state index < -0.39 is 0 Å². The van der Waals surface area contributed by atoms with Gasteiger partial charge in [0.25, 0.3) is 0 Å². The number of carbonyl (C=O) groups excluding carboxylic acids is 1. The molecule has 0 spiro atoms. The number of hydrogen-bond acceptors (Lipinski definition) is 5. The lowest BCUT2D eigenvalue weighted by atomic mass is 9.99. The van der Waals surface area contributed by atoms with E-state index in [1.807, 2.05) is 30.3 Å². The predicted molar refractivity (Wildman–Crippen MR) is 120 cm³/mol. The summed E-state index contributed by atoms with van der Waals surface area (Å²) in [5, 5.41) is 11.0. The van der Waals surface area contributed by atoms with Crippen molar-refractivity contribution in [2.75, 3.05) is 27.2 Å². The molecule has 0 radical (unpaired) electrons. The van der Waals surface area contributed by atoms with Crippen LogP contribution in [0.3, 0.4) is 0 Å². The average Bonchev–Trinajstić information content (AvgIpc) is 3.25. The Morgan fingerprint density at radius 2 is 2.06 bits per heavy atom. The van der Waals surface area contributed by atoms with Gasteiger partial charge in [0.1, 0.15) is 12.3 Å². The third kappa shape index (κ3) is 5.99. The minimum Gasteiger partial charge on any atom is -0.493 e. The summed E-state index contributed by atoms with van der Waals surface area (Å²) in [6.45, 7) is 5.42. The first-order chi connectivity index (χ1) is 15.0. The third-order valence-corrected chi connectivity index (χ3v) is 5.55. The summed E-state index contributed by atoms with van der Waals surface area (Å²) in [5.74, 6) is 2.50. The Morgan fingerprint density at radius 1 is 1.29 bits per heavy atom. The molecule has 0 bridgehead atoms. The van der Waals surface area contributed by atoms with E-state index in [1.165, 1.54) is 4.90 Å². The first-order valence-corrected chi connectivity index (χ1v) is 10.9. The number of amides is 1. The van der Waals surface area contributed by atoms with E-state index in [9.17, 15) is 4.79 Å². The maximum atomic E-state index is 12.1. The summed E-state index contributed by atoms with van der Waals surface area (Å²) >= 11 is 0. The summed E-state index contributed by atoms with van der Waals surface area (Å²) in [6, 6.07) is 10.0. The average molecular weight is 428 g/mol. The van der Waals surface area contributed by atoms with Gasteiger partial charge in [0, 0.05) is 38.1 Å². The number of aromatic nitrogens is 1. The largest absolute Gasteiger partial charge is 0.493 e. The van der Waals surface area contributed by atoms with Crippen molar-refractivity contribution < 1.29 is 14.1 Å². The number of nitrogens with one attached hydrogen (secondary N) is 2. The van der Waals surface area contributed by atoms with Gasteiger partial charge in [-0.1, -0.05) is 37.2 Å². The zero-order chi connectivity index (χ0) is 22.2. The van der Waals surface area contributed by atoms with E-state index >= 15 is 0 Å². The highest BCUT2D eigenvalue weighted by atomic mass is 16.5. The van der Waals surface area contributed by atoms with Gasteiger partial charge in [-0.15, -0.1) is 0 Å². The van der Waals surface area contributed by atoms with Crippen LogP contribution >= 0.6 is 0 Å². The molecule has 8 heteroatoms. The van der Waals surface area contributed by atoms with Crippen LogP contribution < -0.4 is 15.4 Å². The molecule has 0 saturated heterocycles. The van der Waals surface area contributed by atoms with Gasteiger partial charge in [-0.2, -0.15) is 0 Å². The minimum absolute atomic E-state index is 0.0421. The molecule has 2 aromatic rings. The number of likely N-dealkylation sites (N-methyl/N-ethyl adjacent to an activating group) is 1. The van der Waals surface area contributed by atoms with Crippen molar-refractivity contribution in [3.8, 4) is 5.75 Å². The van der Waals surface area contributed by atoms with Gasteiger partial charge in [-0.25, -0.2) is 4.99 Å². The van der Waals surface area contributed by atoms with Crippen LogP contribution in [-0.4, -0.2) is 49.2 Å². The van der Waals surface area contributed by atoms with E-state index in [1.54, 1.807) is 14.1 Å². The predicted octanol–water partition coefficient (Wildman–Crippen LogP) is 3.23. The lowest BCUT2D eigenvalue weighted by Crippen LogP contribution is -2.41. The molecule has 0 aliphatic carbocycles. The van der Waals surface area contributed by atoms with Crippen molar-refractivity contribution in [1.29, 1.82) is 0 Å². The molecule has 1 aliphatic rings. The Kier molecular flexibility index (Phi) is 7.92. The second-order valence-corrected chi connectivity index (χ2v) is 7.91. The third-order valence-electron chi connectivity index (χ3n) is 5.55. The molecule has 3 rings (SSSR count). The molecule has 1 aromatic carbocycles. The molecule has 31 heavy (non-hydrogen) atoms. The number of carbonyl (C=O) groups is 1. The lowest BCUT2D eigenvalue weighted by molar-refractivity contribution is -0.127. The van der Waals surface area contributed by atoms with Gasteiger partial charge >= 0.3 is 0 Å². The molecule has 0 fully saturated rings. The van der Waals surface area contributed by atoms with Crippen LogP contribution in [0.15, 0.2) is 39.8 Å². The fourth-order valence-corrected chi connectivity index (χ4v) is 3.58. The Balaban J connectivity index is 1.72. The summed E-state index contributed by atoms with van der Waals surface area (Å²) in [7, 11) is 3.45. The zero-order valence-corrected chi connectivity index (χ0v) is 18.9. The number of rotatable bonds is 8. The van der Waals surface area contributed by atoms with Crippen LogP contribution in [0.5, 0.6) is 5.75 Å². The van der Waals surface area contributed by atoms with Gasteiger partial charge in [0.2, 0.25) is 5.91 Å². The summed E-state index contributed by atoms with van der Waals surface area (Å²) < 4.78 is 11.3. The molecule has 1 atom stereocenters. The number of hydrogen-bond donors (Lipinski definition) is 2. The number of para-hydroxylation sites is 1. The number of nitrogens with zero attached hydrogens (tertiary/aromatic N) is 3. The van der Waals surface area contributed by atoms with E-state index in [0.717, 1.165) is 42.0 Å². The summed E-state index contributed by atoms with van der Waals surface area (Å²) in [4.78, 5) is 18.1. The highest BCUT2D eigenvalue weighted by Gasteiger charge is 2.22. The van der Waals surface area contributed by atoms with Crippen LogP contribution in [0.4, 0.5) is 0 Å². The van der Waals surface area contributed by atoms with Crippen molar-refractivity contribution in [1.82, 2.24) is 20.7 Å². The SMILES string of the molecule is CCC(CC)c1cc(CNC(=NCC(=O)N(C)C)NC2CCOc3ccccc32)on1. The van der Waals surface area contributed by atoms with Gasteiger partial charge in [0.05, 0.1) is 24.9 Å². The van der Waals surface area contributed by atoms with Crippen molar-refractivity contribution >= 4 is 11.9 Å². The van der Waals surface area contributed by atoms with Crippen molar-refractivity contribution in [2.45, 2.75) is 51.6 Å². The van der Waals surface area contributed by atoms with Gasteiger partial charge in [-0.3, -0.25) is 4.79 Å². The number of guanidine groups is 1. The number of benzene rings is 1. The molecule has 1 aliphatic heterocycles. The Labute approximate surface area is 184 Å². The van der Waals surface area contributed by atoms with Crippen molar-refractivity contribution in [3.05, 3.63) is 47.3 Å². The van der Waals surface area contributed by atoms with Gasteiger partial charge < -0.3 is 24.8 Å². The Bertz CT molecular complexity index is 889. The second-order valence-electron chi connectivity index (χ2n) is 7.91. The quantitative estimate of drug-likeness (QED) is 0.496. The smallest absolute Gasteiger partial charge is 0.243 e. The molecule has 2 heterocycles.